The molecule has 8 nitrogen and oxygen atoms in total. The van der Waals surface area contributed by atoms with Crippen molar-refractivity contribution in [1.29, 1.82) is 0 Å². The highest BCUT2D eigenvalue weighted by atomic mass is 127. The summed E-state index contributed by atoms with van der Waals surface area (Å²) in [6, 6.07) is 14.9. The first-order chi connectivity index (χ1) is 14.5. The summed E-state index contributed by atoms with van der Waals surface area (Å²) in [5.41, 5.74) is 6.09. The Morgan fingerprint density at radius 2 is 1.81 bits per heavy atom. The Labute approximate surface area is 200 Å². The van der Waals surface area contributed by atoms with Gasteiger partial charge >= 0.3 is 0 Å². The molecule has 0 atom stereocenters. The van der Waals surface area contributed by atoms with Crippen molar-refractivity contribution in [1.82, 2.24) is 10.2 Å². The number of carbonyl (C=O) groups is 1. The molecule has 2 aromatic rings. The molecular formula is C22H31IN4O4. The topological polar surface area (TPSA) is 98.4 Å². The normalized spacial score (nSPS) is 10.6. The molecule has 170 valence electrons. The molecule has 0 spiro atoms. The fourth-order valence-corrected chi connectivity index (χ4v) is 2.60. The summed E-state index contributed by atoms with van der Waals surface area (Å²) in [5, 5.41) is 3.28. The van der Waals surface area contributed by atoms with E-state index in [0.29, 0.717) is 25.4 Å². The van der Waals surface area contributed by atoms with Crippen LogP contribution in [0.2, 0.25) is 0 Å². The van der Waals surface area contributed by atoms with Crippen LogP contribution in [0, 0.1) is 0 Å². The molecule has 9 heteroatoms. The lowest BCUT2D eigenvalue weighted by Crippen LogP contribution is -2.40. The third kappa shape index (κ3) is 9.77. The van der Waals surface area contributed by atoms with Gasteiger partial charge in [0.05, 0.1) is 20.2 Å². The number of carbonyl (C=O) groups excluding carboxylic acids is 1. The first kappa shape index (κ1) is 26.3. The van der Waals surface area contributed by atoms with Crippen LogP contribution in [0.3, 0.4) is 0 Å². The molecule has 0 aliphatic rings. The number of nitrogens with zero attached hydrogens (tertiary/aromatic N) is 2. The molecule has 2 rings (SSSR count). The van der Waals surface area contributed by atoms with Crippen molar-refractivity contribution in [2.24, 2.45) is 10.7 Å². The number of nitrogens with one attached hydrogen (secondary N) is 1. The molecule has 0 heterocycles. The second kappa shape index (κ2) is 14.3. The van der Waals surface area contributed by atoms with Gasteiger partial charge in [0, 0.05) is 13.6 Å². The lowest BCUT2D eigenvalue weighted by molar-refractivity contribution is -0.119. The van der Waals surface area contributed by atoms with Gasteiger partial charge in [-0.25, -0.2) is 4.99 Å². The van der Waals surface area contributed by atoms with Crippen molar-refractivity contribution >= 4 is 35.8 Å². The van der Waals surface area contributed by atoms with E-state index in [-0.39, 0.29) is 30.6 Å². The average Bonchev–Trinajstić information content (AvgIpc) is 2.76. The number of likely N-dealkylation sites (N-methyl/N-ethyl adjacent to an activating group) is 1. The second-order valence-corrected chi connectivity index (χ2v) is 6.52. The van der Waals surface area contributed by atoms with Gasteiger partial charge in [-0.15, -0.1) is 24.0 Å². The average molecular weight is 542 g/mol. The van der Waals surface area contributed by atoms with E-state index in [2.05, 4.69) is 10.3 Å². The summed E-state index contributed by atoms with van der Waals surface area (Å²) >= 11 is 0. The summed E-state index contributed by atoms with van der Waals surface area (Å²) in [6.45, 7) is 4.29. The molecule has 1 amide bonds. The molecule has 2 aromatic carbocycles. The lowest BCUT2D eigenvalue weighted by Gasteiger charge is -2.22. The van der Waals surface area contributed by atoms with E-state index in [1.165, 1.54) is 0 Å². The Balaban J connectivity index is 0.00000480. The molecule has 31 heavy (non-hydrogen) atoms. The molecular weight excluding hydrogens is 511 g/mol. The number of nitrogens with two attached hydrogens (primary N) is 1. The van der Waals surface area contributed by atoms with E-state index in [9.17, 15) is 4.79 Å². The summed E-state index contributed by atoms with van der Waals surface area (Å²) < 4.78 is 16.3. The summed E-state index contributed by atoms with van der Waals surface area (Å²) in [7, 11) is 3.60. The number of halogens is 1. The van der Waals surface area contributed by atoms with Gasteiger partial charge in [0.15, 0.2) is 12.6 Å². The van der Waals surface area contributed by atoms with Crippen LogP contribution in [-0.2, 0) is 11.3 Å². The van der Waals surface area contributed by atoms with Crippen molar-refractivity contribution in [3.05, 3.63) is 54.1 Å². The number of aliphatic imine (C=N–C) groups is 1. The minimum Gasteiger partial charge on any atom is -0.497 e. The molecule has 3 N–H and O–H groups in total. The van der Waals surface area contributed by atoms with Gasteiger partial charge in [-0.3, -0.25) is 4.79 Å². The number of hydrogen-bond acceptors (Lipinski definition) is 5. The largest absolute Gasteiger partial charge is 0.497 e. The molecule has 0 bridgehead atoms. The Morgan fingerprint density at radius 1 is 1.10 bits per heavy atom. The zero-order chi connectivity index (χ0) is 21.8. The third-order valence-electron chi connectivity index (χ3n) is 4.14. The highest BCUT2D eigenvalue weighted by Crippen LogP contribution is 2.17. The number of primary amides is 1. The maximum absolute atomic E-state index is 10.9. The molecule has 0 saturated carbocycles. The maximum Gasteiger partial charge on any atom is 0.255 e. The van der Waals surface area contributed by atoms with Crippen molar-refractivity contribution in [2.75, 3.05) is 40.5 Å². The molecule has 0 saturated heterocycles. The van der Waals surface area contributed by atoms with Crippen LogP contribution in [-0.4, -0.2) is 57.2 Å². The Morgan fingerprint density at radius 3 is 2.45 bits per heavy atom. The number of hydrogen-bond donors (Lipinski definition) is 2. The second-order valence-electron chi connectivity index (χ2n) is 6.52. The van der Waals surface area contributed by atoms with Crippen molar-refractivity contribution in [2.45, 2.75) is 13.5 Å². The van der Waals surface area contributed by atoms with Gasteiger partial charge in [0.2, 0.25) is 0 Å². The fraction of sp³-hybridized carbons (Fsp3) is 0.364. The molecule has 0 unspecified atom stereocenters. The van der Waals surface area contributed by atoms with Crippen molar-refractivity contribution < 1.29 is 19.0 Å². The zero-order valence-corrected chi connectivity index (χ0v) is 20.5. The molecule has 0 aliphatic carbocycles. The molecule has 0 aromatic heterocycles. The van der Waals surface area contributed by atoms with Crippen molar-refractivity contribution in [3.8, 4) is 17.2 Å². The van der Waals surface area contributed by atoms with Gasteiger partial charge in [0.1, 0.15) is 23.9 Å². The predicted molar refractivity (Wildman–Crippen MR) is 132 cm³/mol. The Kier molecular flexibility index (Phi) is 12.2. The quantitative estimate of drug-likeness (QED) is 0.258. The smallest absolute Gasteiger partial charge is 0.255 e. The van der Waals surface area contributed by atoms with Crippen LogP contribution in [0.25, 0.3) is 0 Å². The number of rotatable bonds is 11. The van der Waals surface area contributed by atoms with Gasteiger partial charge in [-0.2, -0.15) is 0 Å². The Hall–Kier alpha value is -2.69. The van der Waals surface area contributed by atoms with Crippen LogP contribution in [0.4, 0.5) is 0 Å². The lowest BCUT2D eigenvalue weighted by atomic mass is 10.2. The molecule has 0 radical (unpaired) electrons. The van der Waals surface area contributed by atoms with Gasteiger partial charge in [-0.05, 0) is 48.9 Å². The van der Waals surface area contributed by atoms with E-state index in [0.717, 1.165) is 29.6 Å². The SMILES string of the molecule is CCNC(=NCc1cccc(OCC(N)=O)c1)N(C)CCOc1ccc(OC)cc1.I. The third-order valence-corrected chi connectivity index (χ3v) is 4.14. The Bertz CT molecular complexity index is 831. The van der Waals surface area contributed by atoms with E-state index >= 15 is 0 Å². The predicted octanol–water partition coefficient (Wildman–Crippen LogP) is 2.65. The number of benzene rings is 2. The van der Waals surface area contributed by atoms with E-state index in [1.54, 1.807) is 13.2 Å². The van der Waals surface area contributed by atoms with Crippen molar-refractivity contribution in [3.63, 3.8) is 0 Å². The summed E-state index contributed by atoms with van der Waals surface area (Å²) in [4.78, 5) is 17.6. The summed E-state index contributed by atoms with van der Waals surface area (Å²) in [6.07, 6.45) is 0. The van der Waals surface area contributed by atoms with Crippen LogP contribution >= 0.6 is 24.0 Å². The van der Waals surface area contributed by atoms with Crippen LogP contribution in [0.5, 0.6) is 17.2 Å². The summed E-state index contributed by atoms with van der Waals surface area (Å²) in [5.74, 6) is 2.45. The highest BCUT2D eigenvalue weighted by molar-refractivity contribution is 14.0. The fourth-order valence-electron chi connectivity index (χ4n) is 2.60. The zero-order valence-electron chi connectivity index (χ0n) is 18.2. The minimum atomic E-state index is -0.508. The first-order valence-electron chi connectivity index (χ1n) is 9.78. The van der Waals surface area contributed by atoms with E-state index in [4.69, 9.17) is 19.9 Å². The van der Waals surface area contributed by atoms with Gasteiger partial charge < -0.3 is 30.2 Å². The number of ether oxygens (including phenoxy) is 3. The van der Waals surface area contributed by atoms with Crippen LogP contribution in [0.15, 0.2) is 53.5 Å². The molecule has 0 fully saturated rings. The minimum absolute atomic E-state index is 0. The van der Waals surface area contributed by atoms with E-state index in [1.807, 2.05) is 61.3 Å². The number of guanidine groups is 1. The van der Waals surface area contributed by atoms with Crippen LogP contribution in [0.1, 0.15) is 12.5 Å². The van der Waals surface area contributed by atoms with Gasteiger partial charge in [-0.1, -0.05) is 12.1 Å². The standard InChI is InChI=1S/C22H30N4O4.HI/c1-4-24-22(25-15-17-6-5-7-20(14-17)30-16-21(23)27)26(2)12-13-29-19-10-8-18(28-3)9-11-19;/h5-11,14H,4,12-13,15-16H2,1-3H3,(H2,23,27)(H,24,25);1H. The van der Waals surface area contributed by atoms with Gasteiger partial charge in [0.25, 0.3) is 5.91 Å². The monoisotopic (exact) mass is 542 g/mol. The number of methoxy groups -OCH3 is 1. The van der Waals surface area contributed by atoms with Crippen LogP contribution < -0.4 is 25.3 Å². The highest BCUT2D eigenvalue weighted by Gasteiger charge is 2.07. The maximum atomic E-state index is 10.9. The molecule has 0 aliphatic heterocycles. The van der Waals surface area contributed by atoms with E-state index < -0.39 is 5.91 Å². The number of amides is 1. The first-order valence-corrected chi connectivity index (χ1v) is 9.78.